The summed E-state index contributed by atoms with van der Waals surface area (Å²) >= 11 is 0. The summed E-state index contributed by atoms with van der Waals surface area (Å²) < 4.78 is 0. The molecule has 1 saturated carbocycles. The molecule has 1 fully saturated rings. The van der Waals surface area contributed by atoms with Gasteiger partial charge in [-0.05, 0) is 51.1 Å². The average Bonchev–Trinajstić information content (AvgIpc) is 2.42. The molecule has 21 heavy (non-hydrogen) atoms. The van der Waals surface area contributed by atoms with E-state index in [1.54, 1.807) is 0 Å². The third kappa shape index (κ3) is 4.50. The van der Waals surface area contributed by atoms with Crippen LogP contribution in [0.15, 0.2) is 0 Å². The molecule has 1 aromatic rings. The first-order valence-corrected chi connectivity index (χ1v) is 8.54. The molecule has 0 radical (unpaired) electrons. The topological polar surface area (TPSA) is 37.8 Å². The van der Waals surface area contributed by atoms with Gasteiger partial charge in [0.15, 0.2) is 0 Å². The quantitative estimate of drug-likeness (QED) is 0.892. The monoisotopic (exact) mass is 289 g/mol. The van der Waals surface area contributed by atoms with E-state index in [9.17, 15) is 0 Å². The fourth-order valence-corrected chi connectivity index (χ4v) is 3.31. The molecule has 0 amide bonds. The Kier molecular flexibility index (Phi) is 5.74. The summed E-state index contributed by atoms with van der Waals surface area (Å²) in [7, 11) is 0. The molecule has 3 nitrogen and oxygen atoms in total. The van der Waals surface area contributed by atoms with E-state index < -0.39 is 0 Å². The number of nitrogens with zero attached hydrogens (tertiary/aromatic N) is 2. The second kappa shape index (κ2) is 7.35. The van der Waals surface area contributed by atoms with E-state index in [2.05, 4.69) is 39.9 Å². The van der Waals surface area contributed by atoms with Crippen molar-refractivity contribution >= 4 is 0 Å². The Labute approximate surface area is 130 Å². The SMILES string of the molecule is Cc1nc(C2CCC(C)CC2)nc(C)c1CCNC(C)C. The predicted molar refractivity (Wildman–Crippen MR) is 88.7 cm³/mol. The molecule has 1 N–H and O–H groups in total. The molecular weight excluding hydrogens is 258 g/mol. The lowest BCUT2D eigenvalue weighted by Gasteiger charge is -2.25. The number of aryl methyl sites for hydroxylation is 2. The molecule has 1 aliphatic carbocycles. The van der Waals surface area contributed by atoms with Crippen molar-refractivity contribution in [2.45, 2.75) is 78.7 Å². The van der Waals surface area contributed by atoms with Gasteiger partial charge in [0.2, 0.25) is 0 Å². The smallest absolute Gasteiger partial charge is 0.131 e. The average molecular weight is 289 g/mol. The summed E-state index contributed by atoms with van der Waals surface area (Å²) in [6, 6.07) is 0.537. The van der Waals surface area contributed by atoms with Crippen molar-refractivity contribution < 1.29 is 0 Å². The zero-order valence-electron chi connectivity index (χ0n) is 14.4. The Hall–Kier alpha value is -0.960. The molecule has 0 aromatic carbocycles. The molecule has 0 atom stereocenters. The maximum Gasteiger partial charge on any atom is 0.131 e. The molecule has 0 aliphatic heterocycles. The van der Waals surface area contributed by atoms with E-state index in [0.717, 1.165) is 24.7 Å². The minimum Gasteiger partial charge on any atom is -0.314 e. The van der Waals surface area contributed by atoms with Gasteiger partial charge in [-0.2, -0.15) is 0 Å². The minimum absolute atomic E-state index is 0.537. The van der Waals surface area contributed by atoms with Crippen molar-refractivity contribution in [1.82, 2.24) is 15.3 Å². The third-order valence-electron chi connectivity index (χ3n) is 4.75. The molecule has 0 bridgehead atoms. The van der Waals surface area contributed by atoms with Crippen LogP contribution in [-0.4, -0.2) is 22.6 Å². The van der Waals surface area contributed by atoms with Gasteiger partial charge in [-0.3, -0.25) is 0 Å². The molecule has 3 heteroatoms. The molecular formula is C18H31N3. The van der Waals surface area contributed by atoms with Gasteiger partial charge in [0.1, 0.15) is 5.82 Å². The van der Waals surface area contributed by atoms with Crippen molar-refractivity contribution in [3.8, 4) is 0 Å². The molecule has 0 spiro atoms. The number of nitrogens with one attached hydrogen (secondary N) is 1. The third-order valence-corrected chi connectivity index (χ3v) is 4.75. The van der Waals surface area contributed by atoms with Crippen LogP contribution in [0, 0.1) is 19.8 Å². The van der Waals surface area contributed by atoms with Gasteiger partial charge < -0.3 is 5.32 Å². The van der Waals surface area contributed by atoms with Crippen LogP contribution in [0.2, 0.25) is 0 Å². The highest BCUT2D eigenvalue weighted by atomic mass is 14.9. The minimum atomic E-state index is 0.537. The van der Waals surface area contributed by atoms with E-state index in [1.807, 2.05) is 0 Å². The van der Waals surface area contributed by atoms with Gasteiger partial charge in [-0.15, -0.1) is 0 Å². The summed E-state index contributed by atoms with van der Waals surface area (Å²) in [5.74, 6) is 2.56. The van der Waals surface area contributed by atoms with Crippen LogP contribution < -0.4 is 5.32 Å². The van der Waals surface area contributed by atoms with Gasteiger partial charge in [0.05, 0.1) is 0 Å². The largest absolute Gasteiger partial charge is 0.314 e. The zero-order chi connectivity index (χ0) is 15.4. The fraction of sp³-hybridized carbons (Fsp3) is 0.778. The first-order valence-electron chi connectivity index (χ1n) is 8.54. The molecule has 1 aromatic heterocycles. The summed E-state index contributed by atoms with van der Waals surface area (Å²) in [6.45, 7) is 12.0. The molecule has 0 saturated heterocycles. The molecule has 1 aliphatic rings. The Morgan fingerprint density at radius 3 is 2.14 bits per heavy atom. The van der Waals surface area contributed by atoms with Crippen LogP contribution >= 0.6 is 0 Å². The number of rotatable bonds is 5. The Morgan fingerprint density at radius 2 is 1.62 bits per heavy atom. The van der Waals surface area contributed by atoms with Crippen molar-refractivity contribution in [2.75, 3.05) is 6.54 Å². The second-order valence-corrected chi connectivity index (χ2v) is 7.05. The van der Waals surface area contributed by atoms with Crippen LogP contribution in [0.4, 0.5) is 0 Å². The van der Waals surface area contributed by atoms with Gasteiger partial charge >= 0.3 is 0 Å². The zero-order valence-corrected chi connectivity index (χ0v) is 14.4. The molecule has 118 valence electrons. The van der Waals surface area contributed by atoms with Crippen LogP contribution in [0.1, 0.15) is 75.1 Å². The number of aromatic nitrogens is 2. The first kappa shape index (κ1) is 16.4. The number of hydrogen-bond acceptors (Lipinski definition) is 3. The number of hydrogen-bond donors (Lipinski definition) is 1. The Balaban J connectivity index is 2.06. The van der Waals surface area contributed by atoms with Gasteiger partial charge in [0, 0.05) is 23.3 Å². The highest BCUT2D eigenvalue weighted by molar-refractivity contribution is 5.25. The van der Waals surface area contributed by atoms with Crippen molar-refractivity contribution in [3.63, 3.8) is 0 Å². The maximum atomic E-state index is 4.84. The van der Waals surface area contributed by atoms with Crippen LogP contribution in [0.3, 0.4) is 0 Å². The van der Waals surface area contributed by atoms with Crippen LogP contribution in [0.5, 0.6) is 0 Å². The Morgan fingerprint density at radius 1 is 1.05 bits per heavy atom. The summed E-state index contributed by atoms with van der Waals surface area (Å²) in [6.07, 6.45) is 6.19. The van der Waals surface area contributed by atoms with E-state index in [0.29, 0.717) is 12.0 Å². The second-order valence-electron chi connectivity index (χ2n) is 7.05. The Bertz CT molecular complexity index is 437. The van der Waals surface area contributed by atoms with Gasteiger partial charge in [-0.25, -0.2) is 9.97 Å². The normalized spacial score (nSPS) is 22.8. The molecule has 0 unspecified atom stereocenters. The predicted octanol–water partition coefficient (Wildman–Crippen LogP) is 3.93. The van der Waals surface area contributed by atoms with Gasteiger partial charge in [0.25, 0.3) is 0 Å². The van der Waals surface area contributed by atoms with E-state index >= 15 is 0 Å². The van der Waals surface area contributed by atoms with Crippen LogP contribution in [0.25, 0.3) is 0 Å². The van der Waals surface area contributed by atoms with Gasteiger partial charge in [-0.1, -0.05) is 33.6 Å². The van der Waals surface area contributed by atoms with Crippen LogP contribution in [-0.2, 0) is 6.42 Å². The lowest BCUT2D eigenvalue weighted by atomic mass is 9.82. The molecule has 2 rings (SSSR count). The highest BCUT2D eigenvalue weighted by Gasteiger charge is 2.23. The molecule has 1 heterocycles. The standard InChI is InChI=1S/C18H31N3/c1-12(2)19-11-10-17-14(4)20-18(21-15(17)5)16-8-6-13(3)7-9-16/h12-13,16,19H,6-11H2,1-5H3. The van der Waals surface area contributed by atoms with Crippen molar-refractivity contribution in [3.05, 3.63) is 22.8 Å². The van der Waals surface area contributed by atoms with E-state index in [-0.39, 0.29) is 0 Å². The fourth-order valence-electron chi connectivity index (χ4n) is 3.31. The van der Waals surface area contributed by atoms with Crippen molar-refractivity contribution in [2.24, 2.45) is 5.92 Å². The first-order chi connectivity index (χ1) is 9.97. The highest BCUT2D eigenvalue weighted by Crippen LogP contribution is 2.34. The van der Waals surface area contributed by atoms with E-state index in [4.69, 9.17) is 9.97 Å². The maximum absolute atomic E-state index is 4.84. The summed E-state index contributed by atoms with van der Waals surface area (Å²) in [5, 5.41) is 3.48. The summed E-state index contributed by atoms with van der Waals surface area (Å²) in [4.78, 5) is 9.68. The van der Waals surface area contributed by atoms with E-state index in [1.165, 1.54) is 42.6 Å². The lowest BCUT2D eigenvalue weighted by Crippen LogP contribution is -2.25. The van der Waals surface area contributed by atoms with Crippen molar-refractivity contribution in [1.29, 1.82) is 0 Å². The lowest BCUT2D eigenvalue weighted by molar-refractivity contribution is 0.339. The summed E-state index contributed by atoms with van der Waals surface area (Å²) in [5.41, 5.74) is 3.69.